The Kier molecular flexibility index (Phi) is 7.90. The van der Waals surface area contributed by atoms with Crippen LogP contribution in [0.25, 0.3) is 11.2 Å². The van der Waals surface area contributed by atoms with E-state index in [1.165, 1.54) is 11.8 Å². The second-order valence-electron chi connectivity index (χ2n) is 8.35. The van der Waals surface area contributed by atoms with Crippen LogP contribution in [-0.2, 0) is 22.9 Å². The maximum absolute atomic E-state index is 13.6. The minimum Gasteiger partial charge on any atom is -0.388 e. The van der Waals surface area contributed by atoms with Crippen molar-refractivity contribution in [3.05, 3.63) is 101 Å². The van der Waals surface area contributed by atoms with E-state index in [4.69, 9.17) is 9.47 Å². The van der Waals surface area contributed by atoms with E-state index in [2.05, 4.69) is 36.2 Å². The van der Waals surface area contributed by atoms with Gasteiger partial charge in [0.1, 0.15) is 6.73 Å². The molecular weight excluding hydrogens is 564 g/mol. The zero-order chi connectivity index (χ0) is 27.2. The van der Waals surface area contributed by atoms with E-state index >= 15 is 0 Å². The van der Waals surface area contributed by atoms with Gasteiger partial charge in [-0.15, -0.1) is 0 Å². The Bertz CT molecular complexity index is 1560. The highest BCUT2D eigenvalue weighted by atomic mass is 79.9. The maximum atomic E-state index is 13.6. The molecule has 5 aromatic rings. The number of imidazole rings is 1. The van der Waals surface area contributed by atoms with Crippen LogP contribution in [-0.4, -0.2) is 31.5 Å². The first-order valence-electron chi connectivity index (χ1n) is 11.9. The lowest BCUT2D eigenvalue weighted by atomic mass is 10.2. The Morgan fingerprint density at radius 3 is 2.05 bits per heavy atom. The molecule has 1 N–H and O–H groups in total. The SMILES string of the molecule is CC(=O)Nc1nc(OC(=O)N(c2ccccc2)c2ccccc2)c2nc(Br)n(COCc3ccccc3)c2n1. The molecule has 0 aliphatic carbocycles. The van der Waals surface area contributed by atoms with Gasteiger partial charge in [-0.25, -0.2) is 14.7 Å². The molecule has 0 saturated carbocycles. The van der Waals surface area contributed by atoms with Gasteiger partial charge < -0.3 is 9.47 Å². The normalized spacial score (nSPS) is 10.8. The van der Waals surface area contributed by atoms with Crippen molar-refractivity contribution in [3.8, 4) is 5.88 Å². The molecule has 39 heavy (non-hydrogen) atoms. The Balaban J connectivity index is 1.50. The summed E-state index contributed by atoms with van der Waals surface area (Å²) in [6.45, 7) is 1.79. The fourth-order valence-electron chi connectivity index (χ4n) is 3.82. The van der Waals surface area contributed by atoms with Gasteiger partial charge in [-0.2, -0.15) is 9.97 Å². The quantitative estimate of drug-likeness (QED) is 0.220. The van der Waals surface area contributed by atoms with Crippen molar-refractivity contribution in [1.82, 2.24) is 19.5 Å². The summed E-state index contributed by atoms with van der Waals surface area (Å²) in [5, 5.41) is 2.56. The van der Waals surface area contributed by atoms with Crippen LogP contribution in [0, 0.1) is 0 Å². The summed E-state index contributed by atoms with van der Waals surface area (Å²) in [4.78, 5) is 40.0. The molecule has 5 rings (SSSR count). The number of carbonyl (C=O) groups excluding carboxylic acids is 2. The first-order valence-corrected chi connectivity index (χ1v) is 12.7. The molecule has 3 aromatic carbocycles. The van der Waals surface area contributed by atoms with Gasteiger partial charge in [0, 0.05) is 6.92 Å². The van der Waals surface area contributed by atoms with Gasteiger partial charge in [-0.05, 0) is 45.8 Å². The average molecular weight is 587 g/mol. The molecular formula is C28H23BrN6O4. The van der Waals surface area contributed by atoms with Crippen LogP contribution >= 0.6 is 15.9 Å². The predicted octanol–water partition coefficient (Wildman–Crippen LogP) is 6.06. The summed E-state index contributed by atoms with van der Waals surface area (Å²) in [6, 6.07) is 27.9. The van der Waals surface area contributed by atoms with Crippen LogP contribution in [0.5, 0.6) is 5.88 Å². The highest BCUT2D eigenvalue weighted by molar-refractivity contribution is 9.10. The summed E-state index contributed by atoms with van der Waals surface area (Å²) in [5.74, 6) is -0.541. The van der Waals surface area contributed by atoms with Crippen LogP contribution in [0.4, 0.5) is 22.1 Å². The number of anilines is 3. The predicted molar refractivity (Wildman–Crippen MR) is 150 cm³/mol. The zero-order valence-corrected chi connectivity index (χ0v) is 22.4. The van der Waals surface area contributed by atoms with E-state index in [0.717, 1.165) is 5.56 Å². The van der Waals surface area contributed by atoms with Gasteiger partial charge in [0.05, 0.1) is 18.0 Å². The minimum absolute atomic E-state index is 0.0412. The molecule has 0 radical (unpaired) electrons. The summed E-state index contributed by atoms with van der Waals surface area (Å²) < 4.78 is 13.7. The van der Waals surface area contributed by atoms with Crippen molar-refractivity contribution in [2.45, 2.75) is 20.3 Å². The van der Waals surface area contributed by atoms with Crippen LogP contribution in [0.15, 0.2) is 95.7 Å². The number of hydrogen-bond acceptors (Lipinski definition) is 7. The van der Waals surface area contributed by atoms with Gasteiger partial charge in [-0.1, -0.05) is 66.7 Å². The fourth-order valence-corrected chi connectivity index (χ4v) is 4.27. The van der Waals surface area contributed by atoms with Gasteiger partial charge in [0.25, 0.3) is 5.88 Å². The van der Waals surface area contributed by atoms with Crippen molar-refractivity contribution >= 4 is 56.4 Å². The van der Waals surface area contributed by atoms with Gasteiger partial charge in [0.15, 0.2) is 15.9 Å². The Labute approximate surface area is 232 Å². The minimum atomic E-state index is -0.716. The second-order valence-corrected chi connectivity index (χ2v) is 9.06. The highest BCUT2D eigenvalue weighted by Crippen LogP contribution is 2.30. The number of fused-ring (bicyclic) bond motifs is 1. The molecule has 2 amide bonds. The lowest BCUT2D eigenvalue weighted by Gasteiger charge is -2.22. The van der Waals surface area contributed by atoms with E-state index in [-0.39, 0.29) is 30.0 Å². The molecule has 0 aliphatic heterocycles. The lowest BCUT2D eigenvalue weighted by molar-refractivity contribution is -0.114. The second kappa shape index (κ2) is 11.8. The van der Waals surface area contributed by atoms with Gasteiger partial charge in [-0.3, -0.25) is 14.7 Å². The molecule has 0 bridgehead atoms. The van der Waals surface area contributed by atoms with Crippen molar-refractivity contribution in [2.75, 3.05) is 10.2 Å². The first-order chi connectivity index (χ1) is 19.0. The number of carbonyl (C=O) groups is 2. The van der Waals surface area contributed by atoms with Crippen LogP contribution in [0.1, 0.15) is 12.5 Å². The molecule has 196 valence electrons. The third-order valence-electron chi connectivity index (χ3n) is 5.53. The number of benzene rings is 3. The highest BCUT2D eigenvalue weighted by Gasteiger charge is 2.25. The van der Waals surface area contributed by atoms with Crippen molar-refractivity contribution < 1.29 is 19.1 Å². The third kappa shape index (κ3) is 6.11. The fraction of sp³-hybridized carbons (Fsp3) is 0.107. The number of ether oxygens (including phenoxy) is 2. The molecule has 0 saturated heterocycles. The van der Waals surface area contributed by atoms with Crippen molar-refractivity contribution in [3.63, 3.8) is 0 Å². The summed E-state index contributed by atoms with van der Waals surface area (Å²) in [6.07, 6.45) is -0.716. The van der Waals surface area contributed by atoms with Crippen molar-refractivity contribution in [2.24, 2.45) is 0 Å². The number of halogens is 1. The Morgan fingerprint density at radius 2 is 1.46 bits per heavy atom. The number of amides is 2. The Morgan fingerprint density at radius 1 is 0.872 bits per heavy atom. The molecule has 0 fully saturated rings. The smallest absolute Gasteiger partial charge is 0.388 e. The molecule has 0 unspecified atom stereocenters. The number of nitrogens with zero attached hydrogens (tertiary/aromatic N) is 5. The topological polar surface area (TPSA) is 111 Å². The summed E-state index contributed by atoms with van der Waals surface area (Å²) in [5.41, 5.74) is 2.73. The summed E-state index contributed by atoms with van der Waals surface area (Å²) >= 11 is 3.44. The molecule has 10 nitrogen and oxygen atoms in total. The number of nitrogens with one attached hydrogen (secondary N) is 1. The largest absolute Gasteiger partial charge is 0.425 e. The van der Waals surface area contributed by atoms with Gasteiger partial charge in [0.2, 0.25) is 11.9 Å². The van der Waals surface area contributed by atoms with E-state index in [1.807, 2.05) is 66.7 Å². The number of hydrogen-bond donors (Lipinski definition) is 1. The first kappa shape index (κ1) is 26.0. The van der Waals surface area contributed by atoms with Gasteiger partial charge >= 0.3 is 6.09 Å². The zero-order valence-electron chi connectivity index (χ0n) is 20.8. The van der Waals surface area contributed by atoms with E-state index in [0.29, 0.717) is 28.4 Å². The maximum Gasteiger partial charge on any atom is 0.425 e. The number of aromatic nitrogens is 4. The van der Waals surface area contributed by atoms with E-state index in [1.54, 1.807) is 28.8 Å². The molecule has 0 atom stereocenters. The van der Waals surface area contributed by atoms with Crippen LogP contribution < -0.4 is 15.0 Å². The molecule has 0 spiro atoms. The molecule has 2 heterocycles. The monoisotopic (exact) mass is 586 g/mol. The van der Waals surface area contributed by atoms with Crippen molar-refractivity contribution in [1.29, 1.82) is 0 Å². The molecule has 2 aromatic heterocycles. The number of para-hydroxylation sites is 2. The number of rotatable bonds is 8. The summed E-state index contributed by atoms with van der Waals surface area (Å²) in [7, 11) is 0. The van der Waals surface area contributed by atoms with Crippen LogP contribution in [0.2, 0.25) is 0 Å². The molecule has 0 aliphatic rings. The lowest BCUT2D eigenvalue weighted by Crippen LogP contribution is -2.29. The van der Waals surface area contributed by atoms with Crippen LogP contribution in [0.3, 0.4) is 0 Å². The third-order valence-corrected chi connectivity index (χ3v) is 6.14. The standard InChI is InChI=1S/C28H23BrN6O4/c1-19(36)30-27-32-24-23(31-26(29)34(24)18-38-17-20-11-5-2-6-12-20)25(33-27)39-28(37)35(21-13-7-3-8-14-21)22-15-9-4-10-16-22/h2-16H,17-18H2,1H3,(H,30,32,33,36). The van der Waals surface area contributed by atoms with E-state index < -0.39 is 6.09 Å². The van der Waals surface area contributed by atoms with E-state index in [9.17, 15) is 9.59 Å². The molecule has 11 heteroatoms. The Hall–Kier alpha value is -4.61. The average Bonchev–Trinajstić information content (AvgIpc) is 3.25.